The van der Waals surface area contributed by atoms with Crippen LogP contribution in [0.2, 0.25) is 0 Å². The Hall–Kier alpha value is -4.89. The van der Waals surface area contributed by atoms with Crippen molar-refractivity contribution in [3.8, 4) is 11.8 Å². The minimum Gasteiger partial charge on any atom is -0.335 e. The molecule has 5 rings (SSSR count). The van der Waals surface area contributed by atoms with Gasteiger partial charge in [-0.25, -0.2) is 14.2 Å². The molecule has 0 spiro atoms. The van der Waals surface area contributed by atoms with Gasteiger partial charge >= 0.3 is 23.7 Å². The number of hydrogen-bond acceptors (Lipinski definition) is 3. The summed E-state index contributed by atoms with van der Waals surface area (Å²) < 4.78 is 44.8. The summed E-state index contributed by atoms with van der Waals surface area (Å²) in [5.41, 5.74) is 0.505. The van der Waals surface area contributed by atoms with Crippen LogP contribution in [0.5, 0.6) is 0 Å². The van der Waals surface area contributed by atoms with E-state index >= 15 is 0 Å². The molecule has 1 heterocycles. The Morgan fingerprint density at radius 3 is 2.32 bits per heavy atom. The van der Waals surface area contributed by atoms with Crippen molar-refractivity contribution in [2.24, 2.45) is 0 Å². The molecule has 0 bridgehead atoms. The molecule has 0 atom stereocenters. The number of nitrogens with one attached hydrogen (secondary N) is 2. The molecule has 1 saturated carbocycles. The van der Waals surface area contributed by atoms with Crippen LogP contribution >= 0.6 is 15.9 Å². The summed E-state index contributed by atoms with van der Waals surface area (Å²) in [6.45, 7) is 5.84. The van der Waals surface area contributed by atoms with Gasteiger partial charge in [-0.1, -0.05) is 71.7 Å². The number of imidazole rings is 1. The Kier molecular flexibility index (Phi) is 11.6. The van der Waals surface area contributed by atoms with Gasteiger partial charge in [0.25, 0.3) is 0 Å². The first-order valence-corrected chi connectivity index (χ1v) is 16.5. The second-order valence-corrected chi connectivity index (χ2v) is 10.8. The smallest absolute Gasteiger partial charge is 0.335 e. The van der Waals surface area contributed by atoms with E-state index in [0.29, 0.717) is 17.1 Å². The van der Waals surface area contributed by atoms with Crippen LogP contribution in [0, 0.1) is 18.3 Å². The Morgan fingerprint density at radius 1 is 1.06 bits per heavy atom. The number of halogens is 4. The molecule has 0 aliphatic heterocycles. The lowest BCUT2D eigenvalue weighted by atomic mass is 10.2. The summed E-state index contributed by atoms with van der Waals surface area (Å²) in [7, 11) is 0. The van der Waals surface area contributed by atoms with E-state index in [9.17, 15) is 28.0 Å². The topological polar surface area (TPSA) is 94.9 Å². The normalized spacial score (nSPS) is 13.6. The van der Waals surface area contributed by atoms with Crippen LogP contribution in [0.15, 0.2) is 96.4 Å². The van der Waals surface area contributed by atoms with Gasteiger partial charge in [0.2, 0.25) is 0 Å². The number of carbonyl (C=O) groups is 1. The van der Waals surface area contributed by atoms with E-state index in [2.05, 4.69) is 39.2 Å². The third-order valence-corrected chi connectivity index (χ3v) is 7.83. The average molecular weight is 709 g/mol. The van der Waals surface area contributed by atoms with Crippen LogP contribution < -0.4 is 16.3 Å². The summed E-state index contributed by atoms with van der Waals surface area (Å²) in [6.07, 6.45) is 0.264. The maximum absolute atomic E-state index is 14.2. The van der Waals surface area contributed by atoms with Gasteiger partial charge in [-0.2, -0.15) is 23.0 Å². The molecule has 0 unspecified atom stereocenters. The van der Waals surface area contributed by atoms with Gasteiger partial charge < -0.3 is 5.32 Å². The Labute approximate surface area is 279 Å². The summed E-state index contributed by atoms with van der Waals surface area (Å²) in [5.74, 6) is 2.10. The largest absolute Gasteiger partial charge is 0.416 e. The average Bonchev–Trinajstić information content (AvgIpc) is 3.69. The van der Waals surface area contributed by atoms with Crippen LogP contribution in [-0.4, -0.2) is 37.5 Å². The molecule has 2 N–H and O–H groups in total. The monoisotopic (exact) mass is 707 g/mol. The Balaban J connectivity index is 0.00000245. The maximum Gasteiger partial charge on any atom is 0.416 e. The van der Waals surface area contributed by atoms with Gasteiger partial charge in [-0.3, -0.25) is 9.88 Å². The van der Waals surface area contributed by atoms with E-state index in [4.69, 9.17) is 0 Å². The molecule has 0 radical (unpaired) electrons. The second kappa shape index (κ2) is 15.6. The molecule has 1 fully saturated rings. The number of benzene rings is 3. The van der Waals surface area contributed by atoms with E-state index in [1.807, 2.05) is 36.2 Å². The van der Waals surface area contributed by atoms with E-state index in [1.165, 1.54) is 18.3 Å². The van der Waals surface area contributed by atoms with Crippen molar-refractivity contribution in [2.45, 2.75) is 51.4 Å². The zero-order valence-corrected chi connectivity index (χ0v) is 27.6. The summed E-state index contributed by atoms with van der Waals surface area (Å²) >= 11 is 2.94. The van der Waals surface area contributed by atoms with E-state index < -0.39 is 23.5 Å². The van der Waals surface area contributed by atoms with Gasteiger partial charge in [0.05, 0.1) is 34.8 Å². The maximum atomic E-state index is 14.2. The number of amidine groups is 1. The lowest BCUT2D eigenvalue weighted by Crippen LogP contribution is -2.44. The summed E-state index contributed by atoms with van der Waals surface area (Å²) in [6, 6.07) is 21.8. The van der Waals surface area contributed by atoms with Gasteiger partial charge in [0.15, 0.2) is 5.69 Å². The van der Waals surface area contributed by atoms with Crippen molar-refractivity contribution in [3.63, 3.8) is 0 Å². The first-order valence-electron chi connectivity index (χ1n) is 14.9. The first-order chi connectivity index (χ1) is 22.6. The molecule has 8 nitrogen and oxygen atoms in total. The highest BCUT2D eigenvalue weighted by Crippen LogP contribution is 2.31. The molecule has 4 aromatic rings. The van der Waals surface area contributed by atoms with Crippen LogP contribution in [0.3, 0.4) is 0 Å². The predicted molar refractivity (Wildman–Crippen MR) is 179 cm³/mol. The molecule has 1 aromatic heterocycles. The first kappa shape index (κ1) is 35.0. The van der Waals surface area contributed by atoms with E-state index in [0.717, 1.165) is 52.5 Å². The van der Waals surface area contributed by atoms with Gasteiger partial charge in [0.1, 0.15) is 12.2 Å². The van der Waals surface area contributed by atoms with Crippen LogP contribution in [-0.2, 0) is 12.7 Å². The molecule has 12 heteroatoms. The highest BCUT2D eigenvalue weighted by atomic mass is 79.9. The Morgan fingerprint density at radius 2 is 1.72 bits per heavy atom. The number of rotatable bonds is 7. The third kappa shape index (κ3) is 7.92. The summed E-state index contributed by atoms with van der Waals surface area (Å²) in [4.78, 5) is 28.1. The highest BCUT2D eigenvalue weighted by molar-refractivity contribution is 9.08. The van der Waals surface area contributed by atoms with E-state index in [-0.39, 0.29) is 29.7 Å². The van der Waals surface area contributed by atoms with Crippen molar-refractivity contribution in [2.75, 3.05) is 5.83 Å². The van der Waals surface area contributed by atoms with Gasteiger partial charge in [-0.05, 0) is 73.6 Å². The second-order valence-electron chi connectivity index (χ2n) is 10.8. The fourth-order valence-electron chi connectivity index (χ4n) is 5.59. The third-order valence-electron chi connectivity index (χ3n) is 7.83. The number of carbonyl (C=O) groups excluding carboxylic acids is 1. The molecule has 1 aliphatic rings. The molecule has 1 aliphatic carbocycles. The van der Waals surface area contributed by atoms with Crippen molar-refractivity contribution >= 4 is 33.5 Å². The van der Waals surface area contributed by atoms with E-state index in [1.54, 1.807) is 35.8 Å². The number of amides is 1. The number of nitrogens with zero attached hydrogens (tertiary/aromatic N) is 4. The standard InChI is InChI=1S/C34H31F3N6O2.CH3Br/c1-3-41(28-18-16-24(21-38)17-19-28)31(39-22-25-10-5-4-6-11-25)30-23(2)42(29-15-9-12-26(20-29)34(35,36)37)33(45)43(30)32(44)40-27-13-7-8-14-27;1-2/h3-6,9-12,15-20,27H,1,7-8,13-14,22H2,2H3,(H,40,44);1H3/p+1. The summed E-state index contributed by atoms with van der Waals surface area (Å²) in [5, 5.41) is 15.6. The molecule has 244 valence electrons. The number of alkyl halides is 4. The van der Waals surface area contributed by atoms with Crippen LogP contribution in [0.1, 0.15) is 53.8 Å². The lowest BCUT2D eigenvalue weighted by Gasteiger charge is -2.15. The number of nitriles is 1. The minimum atomic E-state index is -4.64. The van der Waals surface area contributed by atoms with Crippen molar-refractivity contribution < 1.29 is 22.5 Å². The van der Waals surface area contributed by atoms with Gasteiger partial charge in [0, 0.05) is 6.04 Å². The quantitative estimate of drug-likeness (QED) is 0.0908. The molecular weight excluding hydrogens is 673 g/mol. The van der Waals surface area contributed by atoms with Crippen LogP contribution in [0.25, 0.3) is 5.69 Å². The zero-order chi connectivity index (χ0) is 34.1. The molecular formula is C35H35BrF3N6O2+. The minimum absolute atomic E-state index is 0.0353. The van der Waals surface area contributed by atoms with Crippen molar-refractivity contribution in [3.05, 3.63) is 130 Å². The zero-order valence-electron chi connectivity index (χ0n) is 26.0. The lowest BCUT2D eigenvalue weighted by molar-refractivity contribution is -0.362. The molecule has 3 aromatic carbocycles. The highest BCUT2D eigenvalue weighted by Gasteiger charge is 2.34. The molecule has 0 saturated heterocycles. The van der Waals surface area contributed by atoms with Crippen LogP contribution in [0.4, 0.5) is 23.7 Å². The molecule has 47 heavy (non-hydrogen) atoms. The number of hydrogen-bond donors (Lipinski definition) is 2. The van der Waals surface area contributed by atoms with Crippen molar-refractivity contribution in [1.29, 1.82) is 5.26 Å². The molecule has 1 amide bonds. The van der Waals surface area contributed by atoms with Crippen molar-refractivity contribution in [1.82, 2.24) is 19.8 Å². The van der Waals surface area contributed by atoms with Gasteiger partial charge in [-0.15, -0.1) is 0 Å². The Bertz CT molecular complexity index is 1850. The SMILES string of the molecule is C=C[N+](=C(NCc1ccccc1)c1c(C)n(-c2cccc(C(F)(F)F)c2)c(=O)n1C(=O)NC1CCCC1)c1ccc(C#N)cc1.CBr. The number of aromatic nitrogens is 2. The fourth-order valence-corrected chi connectivity index (χ4v) is 5.59. The fraction of sp³-hybridized carbons (Fsp3) is 0.257. The predicted octanol–water partition coefficient (Wildman–Crippen LogP) is 7.37.